The van der Waals surface area contributed by atoms with Crippen molar-refractivity contribution >= 4 is 11.6 Å². The minimum absolute atomic E-state index is 0.182. The van der Waals surface area contributed by atoms with Gasteiger partial charge in [-0.15, -0.1) is 11.6 Å². The summed E-state index contributed by atoms with van der Waals surface area (Å²) in [7, 11) is 0. The van der Waals surface area contributed by atoms with Crippen LogP contribution in [0.2, 0.25) is 0 Å². The number of hydrogen-bond donors (Lipinski definition) is 1. The maximum absolute atomic E-state index is 6.22. The lowest BCUT2D eigenvalue weighted by Gasteiger charge is -2.33. The topological polar surface area (TPSA) is 21.3 Å². The van der Waals surface area contributed by atoms with Crippen molar-refractivity contribution in [3.63, 3.8) is 0 Å². The third-order valence-corrected chi connectivity index (χ3v) is 3.98. The fraction of sp³-hybridized carbons (Fsp3) is 0.600. The number of ether oxygens (including phenoxy) is 1. The van der Waals surface area contributed by atoms with E-state index in [9.17, 15) is 0 Å². The zero-order valence-corrected chi connectivity index (χ0v) is 11.8. The number of halogens is 1. The molecule has 1 atom stereocenters. The quantitative estimate of drug-likeness (QED) is 0.830. The van der Waals surface area contributed by atoms with Crippen LogP contribution in [0.15, 0.2) is 24.3 Å². The van der Waals surface area contributed by atoms with Crippen molar-refractivity contribution in [2.75, 3.05) is 6.54 Å². The summed E-state index contributed by atoms with van der Waals surface area (Å²) < 4.78 is 6.22. The minimum atomic E-state index is -0.182. The van der Waals surface area contributed by atoms with Gasteiger partial charge >= 0.3 is 0 Å². The highest BCUT2D eigenvalue weighted by molar-refractivity contribution is 6.17. The summed E-state index contributed by atoms with van der Waals surface area (Å²) >= 11 is 5.79. The highest BCUT2D eigenvalue weighted by Gasteiger charge is 2.30. The maximum Gasteiger partial charge on any atom is 0.160 e. The largest absolute Gasteiger partial charge is 0.473 e. The van der Waals surface area contributed by atoms with E-state index >= 15 is 0 Å². The molecule has 100 valence electrons. The Morgan fingerprint density at radius 1 is 1.22 bits per heavy atom. The highest BCUT2D eigenvalue weighted by atomic mass is 35.5. The summed E-state index contributed by atoms with van der Waals surface area (Å²) in [5.74, 6) is 1.48. The lowest BCUT2D eigenvalue weighted by molar-refractivity contribution is 0.0248. The fourth-order valence-electron chi connectivity index (χ4n) is 2.45. The molecule has 1 heterocycles. The van der Waals surface area contributed by atoms with Crippen molar-refractivity contribution in [3.8, 4) is 5.75 Å². The molecule has 1 aromatic rings. The van der Waals surface area contributed by atoms with E-state index in [0.717, 1.165) is 30.7 Å². The van der Waals surface area contributed by atoms with E-state index in [1.54, 1.807) is 0 Å². The van der Waals surface area contributed by atoms with Crippen molar-refractivity contribution in [2.45, 2.75) is 50.6 Å². The second kappa shape index (κ2) is 6.44. The van der Waals surface area contributed by atoms with Crippen LogP contribution in [0.25, 0.3) is 0 Å². The Labute approximate surface area is 115 Å². The van der Waals surface area contributed by atoms with Gasteiger partial charge in [-0.05, 0) is 43.5 Å². The Morgan fingerprint density at radius 3 is 2.67 bits per heavy atom. The Hall–Kier alpha value is -0.730. The first-order chi connectivity index (χ1) is 8.78. The molecule has 3 heteroatoms. The molecule has 0 aromatic heterocycles. The van der Waals surface area contributed by atoms with Crippen molar-refractivity contribution in [2.24, 2.45) is 0 Å². The Morgan fingerprint density at radius 2 is 2.00 bits per heavy atom. The summed E-state index contributed by atoms with van der Waals surface area (Å²) in [6.07, 6.45) is 5.85. The van der Waals surface area contributed by atoms with Crippen LogP contribution in [0.1, 0.15) is 44.6 Å². The van der Waals surface area contributed by atoms with Gasteiger partial charge < -0.3 is 4.74 Å². The van der Waals surface area contributed by atoms with E-state index < -0.39 is 0 Å². The molecular weight excluding hydrogens is 246 g/mol. The van der Waals surface area contributed by atoms with Gasteiger partial charge in [0.05, 0.1) is 0 Å². The summed E-state index contributed by atoms with van der Waals surface area (Å²) in [4.78, 5) is 0. The molecular formula is C15H22ClNO. The number of hydrogen-bond acceptors (Lipinski definition) is 2. The highest BCUT2D eigenvalue weighted by Crippen LogP contribution is 2.27. The predicted octanol–water partition coefficient (Wildman–Crippen LogP) is 4.07. The van der Waals surface area contributed by atoms with Crippen LogP contribution in [-0.2, 0) is 5.88 Å². The van der Waals surface area contributed by atoms with Gasteiger partial charge in [0, 0.05) is 12.3 Å². The van der Waals surface area contributed by atoms with Gasteiger partial charge in [-0.1, -0.05) is 25.5 Å². The smallest absolute Gasteiger partial charge is 0.160 e. The summed E-state index contributed by atoms with van der Waals surface area (Å²) in [5.41, 5.74) is 0.947. The van der Waals surface area contributed by atoms with E-state index in [1.807, 2.05) is 24.3 Å². The lowest BCUT2D eigenvalue weighted by Crippen LogP contribution is -2.49. The van der Waals surface area contributed by atoms with Gasteiger partial charge in [-0.2, -0.15) is 0 Å². The lowest BCUT2D eigenvalue weighted by atomic mass is 10.0. The zero-order valence-electron chi connectivity index (χ0n) is 11.0. The van der Waals surface area contributed by atoms with Gasteiger partial charge in [0.25, 0.3) is 0 Å². The number of benzene rings is 1. The monoisotopic (exact) mass is 267 g/mol. The van der Waals surface area contributed by atoms with Crippen molar-refractivity contribution < 1.29 is 4.74 Å². The van der Waals surface area contributed by atoms with E-state index in [4.69, 9.17) is 16.3 Å². The van der Waals surface area contributed by atoms with Crippen molar-refractivity contribution in [3.05, 3.63) is 29.8 Å². The Balaban J connectivity index is 2.07. The summed E-state index contributed by atoms with van der Waals surface area (Å²) in [6, 6.07) is 8.09. The zero-order chi connectivity index (χ0) is 12.8. The van der Waals surface area contributed by atoms with E-state index in [2.05, 4.69) is 12.2 Å². The van der Waals surface area contributed by atoms with Crippen LogP contribution >= 0.6 is 11.6 Å². The molecule has 2 nitrogen and oxygen atoms in total. The van der Waals surface area contributed by atoms with Crippen LogP contribution in [0, 0.1) is 0 Å². The van der Waals surface area contributed by atoms with Crippen LogP contribution in [0.5, 0.6) is 5.75 Å². The first-order valence-corrected chi connectivity index (χ1v) is 7.40. The molecule has 0 radical (unpaired) electrons. The molecule has 0 spiro atoms. The average molecular weight is 268 g/mol. The SMILES string of the molecule is CCC1(Oc2ccc(CCl)cc2)CCCCCN1. The van der Waals surface area contributed by atoms with Crippen LogP contribution in [-0.4, -0.2) is 12.3 Å². The van der Waals surface area contributed by atoms with Crippen LogP contribution in [0.4, 0.5) is 0 Å². The molecule has 1 fully saturated rings. The fourth-order valence-corrected chi connectivity index (χ4v) is 2.63. The van der Waals surface area contributed by atoms with E-state index in [1.165, 1.54) is 19.3 Å². The molecule has 1 aliphatic heterocycles. The third kappa shape index (κ3) is 3.39. The number of nitrogens with one attached hydrogen (secondary N) is 1. The Bertz CT molecular complexity index is 355. The van der Waals surface area contributed by atoms with Gasteiger partial charge in [-0.25, -0.2) is 0 Å². The molecule has 0 aliphatic carbocycles. The minimum Gasteiger partial charge on any atom is -0.473 e. The molecule has 0 saturated carbocycles. The number of rotatable bonds is 4. The molecule has 1 aromatic carbocycles. The first-order valence-electron chi connectivity index (χ1n) is 6.87. The molecule has 0 bridgehead atoms. The molecule has 0 amide bonds. The number of alkyl halides is 1. The van der Waals surface area contributed by atoms with Crippen molar-refractivity contribution in [1.29, 1.82) is 0 Å². The van der Waals surface area contributed by atoms with Gasteiger partial charge in [0.1, 0.15) is 5.75 Å². The predicted molar refractivity (Wildman–Crippen MR) is 76.1 cm³/mol. The second-order valence-corrected chi connectivity index (χ2v) is 5.23. The summed E-state index contributed by atoms with van der Waals surface area (Å²) in [5, 5.41) is 3.57. The maximum atomic E-state index is 6.22. The average Bonchev–Trinajstić information content (AvgIpc) is 2.66. The van der Waals surface area contributed by atoms with Crippen LogP contribution in [0.3, 0.4) is 0 Å². The Kier molecular flexibility index (Phi) is 4.90. The molecule has 1 saturated heterocycles. The van der Waals surface area contributed by atoms with E-state index in [-0.39, 0.29) is 5.72 Å². The van der Waals surface area contributed by atoms with Gasteiger partial charge in [0.15, 0.2) is 5.72 Å². The molecule has 18 heavy (non-hydrogen) atoms. The van der Waals surface area contributed by atoms with Crippen LogP contribution < -0.4 is 10.1 Å². The third-order valence-electron chi connectivity index (χ3n) is 3.67. The van der Waals surface area contributed by atoms with Gasteiger partial charge in [-0.3, -0.25) is 5.32 Å². The van der Waals surface area contributed by atoms with Crippen molar-refractivity contribution in [1.82, 2.24) is 5.32 Å². The second-order valence-electron chi connectivity index (χ2n) is 4.96. The normalized spacial score (nSPS) is 24.6. The molecule has 1 aliphatic rings. The standard InChI is InChI=1S/C15H22ClNO/c1-2-15(10-4-3-5-11-17-15)18-14-8-6-13(12-16)7-9-14/h6-9,17H,2-5,10-12H2,1H3. The molecule has 2 rings (SSSR count). The van der Waals surface area contributed by atoms with Gasteiger partial charge in [0.2, 0.25) is 0 Å². The molecule has 1 N–H and O–H groups in total. The molecule has 1 unspecified atom stereocenters. The van der Waals surface area contributed by atoms with E-state index in [0.29, 0.717) is 5.88 Å². The first kappa shape index (κ1) is 13.7. The summed E-state index contributed by atoms with van der Waals surface area (Å²) in [6.45, 7) is 3.24.